The van der Waals surface area contributed by atoms with Gasteiger partial charge in [-0.05, 0) is 30.2 Å². The molecule has 0 radical (unpaired) electrons. The van der Waals surface area contributed by atoms with Crippen molar-refractivity contribution >= 4 is 21.6 Å². The Hall–Kier alpha value is -1.24. The van der Waals surface area contributed by atoms with Crippen LogP contribution in [0, 0.1) is 5.92 Å². The maximum Gasteiger partial charge on any atom is 0.268 e. The molecule has 1 saturated carbocycles. The maximum absolute atomic E-state index is 12.0. The molecule has 2 unspecified atom stereocenters. The first-order valence-corrected chi connectivity index (χ1v) is 8.32. The molecule has 1 aliphatic carbocycles. The molecule has 2 atom stereocenters. The molecule has 0 spiro atoms. The summed E-state index contributed by atoms with van der Waals surface area (Å²) in [5.41, 5.74) is 0.428. The fourth-order valence-corrected chi connectivity index (χ4v) is 4.02. The van der Waals surface area contributed by atoms with E-state index in [1.54, 1.807) is 0 Å². The van der Waals surface area contributed by atoms with E-state index < -0.39 is 0 Å². The summed E-state index contributed by atoms with van der Waals surface area (Å²) in [5, 5.41) is 15.1. The van der Waals surface area contributed by atoms with Crippen molar-refractivity contribution in [1.29, 1.82) is 0 Å². The minimum atomic E-state index is -0.236. The smallest absolute Gasteiger partial charge is 0.268 e. The number of fused-ring (bicyclic) bond motifs is 1. The third-order valence-corrected chi connectivity index (χ3v) is 5.29. The van der Waals surface area contributed by atoms with Gasteiger partial charge in [0.15, 0.2) is 0 Å². The summed E-state index contributed by atoms with van der Waals surface area (Å²) in [6.07, 6.45) is 4.29. The third-order valence-electron chi connectivity index (χ3n) is 4.39. The number of nitrogens with zero attached hydrogens (tertiary/aromatic N) is 1. The summed E-state index contributed by atoms with van der Waals surface area (Å²) in [6, 6.07) is 1.86. The lowest BCUT2D eigenvalue weighted by atomic mass is 9.77. The van der Waals surface area contributed by atoms with Crippen LogP contribution in [0.3, 0.4) is 0 Å². The molecule has 2 heterocycles. The molecule has 21 heavy (non-hydrogen) atoms. The van der Waals surface area contributed by atoms with E-state index >= 15 is 0 Å². The van der Waals surface area contributed by atoms with Gasteiger partial charge in [0.2, 0.25) is 0 Å². The van der Waals surface area contributed by atoms with Crippen molar-refractivity contribution in [2.24, 2.45) is 5.92 Å². The summed E-state index contributed by atoms with van der Waals surface area (Å²) < 4.78 is 0.668. The van der Waals surface area contributed by atoms with Crippen molar-refractivity contribution in [2.75, 3.05) is 6.61 Å². The first-order valence-electron chi connectivity index (χ1n) is 7.44. The fourth-order valence-electron chi connectivity index (χ4n) is 3.30. The quantitative estimate of drug-likeness (QED) is 0.807. The second-order valence-electron chi connectivity index (χ2n) is 6.14. The first kappa shape index (κ1) is 14.7. The highest BCUT2D eigenvalue weighted by Gasteiger charge is 2.33. The molecule has 0 aromatic carbocycles. The largest absolute Gasteiger partial charge is 0.394 e. The van der Waals surface area contributed by atoms with Crippen LogP contribution in [0.15, 0.2) is 16.2 Å². The zero-order valence-corrected chi connectivity index (χ0v) is 13.0. The minimum Gasteiger partial charge on any atom is -0.394 e. The Morgan fingerprint density at radius 3 is 3.24 bits per heavy atom. The number of thiophene rings is 1. The van der Waals surface area contributed by atoms with Crippen LogP contribution in [0.1, 0.15) is 38.4 Å². The summed E-state index contributed by atoms with van der Waals surface area (Å²) in [4.78, 5) is 19.3. The number of nitrogens with one attached hydrogen (secondary N) is 2. The number of aromatic amines is 1. The van der Waals surface area contributed by atoms with Gasteiger partial charge in [-0.25, -0.2) is 4.98 Å². The van der Waals surface area contributed by atoms with Crippen LogP contribution in [0.2, 0.25) is 0 Å². The number of aliphatic hydroxyl groups is 1. The van der Waals surface area contributed by atoms with Gasteiger partial charge in [-0.15, -0.1) is 11.3 Å². The zero-order chi connectivity index (χ0) is 14.9. The SMILES string of the molecule is CC1CCCC(CO)(NCc2nc3ccsc3c(=O)[nH]2)C1. The molecule has 2 aromatic heterocycles. The minimum absolute atomic E-state index is 0.0816. The molecular weight excluding hydrogens is 286 g/mol. The molecule has 0 bridgehead atoms. The molecule has 0 aliphatic heterocycles. The van der Waals surface area contributed by atoms with Gasteiger partial charge in [0.1, 0.15) is 10.5 Å². The lowest BCUT2D eigenvalue weighted by Crippen LogP contribution is -2.51. The number of aliphatic hydroxyl groups excluding tert-OH is 1. The normalized spacial score (nSPS) is 26.3. The summed E-state index contributed by atoms with van der Waals surface area (Å²) in [6.45, 7) is 2.83. The molecule has 0 amide bonds. The van der Waals surface area contributed by atoms with Crippen molar-refractivity contribution in [3.63, 3.8) is 0 Å². The van der Waals surface area contributed by atoms with E-state index in [2.05, 4.69) is 22.2 Å². The molecule has 1 aliphatic rings. The Morgan fingerprint density at radius 1 is 1.62 bits per heavy atom. The Bertz CT molecular complexity index is 681. The lowest BCUT2D eigenvalue weighted by molar-refractivity contribution is 0.0976. The Labute approximate surface area is 127 Å². The van der Waals surface area contributed by atoms with Crippen LogP contribution in [-0.4, -0.2) is 27.2 Å². The van der Waals surface area contributed by atoms with Gasteiger partial charge >= 0.3 is 0 Å². The number of hydrogen-bond acceptors (Lipinski definition) is 5. The zero-order valence-electron chi connectivity index (χ0n) is 12.2. The van der Waals surface area contributed by atoms with Gasteiger partial charge in [0, 0.05) is 5.54 Å². The molecule has 2 aromatic rings. The van der Waals surface area contributed by atoms with Crippen molar-refractivity contribution in [1.82, 2.24) is 15.3 Å². The topological polar surface area (TPSA) is 78.0 Å². The monoisotopic (exact) mass is 307 g/mol. The van der Waals surface area contributed by atoms with E-state index in [1.807, 2.05) is 11.4 Å². The average Bonchev–Trinajstić information content (AvgIpc) is 2.94. The number of aromatic nitrogens is 2. The van der Waals surface area contributed by atoms with Crippen LogP contribution < -0.4 is 10.9 Å². The standard InChI is InChI=1S/C15H21N3O2S/c1-10-3-2-5-15(7-10,9-19)16-8-12-17-11-4-6-21-13(11)14(20)18-12/h4,6,10,16,19H,2-3,5,7-9H2,1H3,(H,17,18,20). The highest BCUT2D eigenvalue weighted by atomic mass is 32.1. The molecule has 5 nitrogen and oxygen atoms in total. The van der Waals surface area contributed by atoms with Gasteiger partial charge in [-0.3, -0.25) is 4.79 Å². The van der Waals surface area contributed by atoms with E-state index in [4.69, 9.17) is 0 Å². The summed E-state index contributed by atoms with van der Waals surface area (Å²) in [7, 11) is 0. The Kier molecular flexibility index (Phi) is 4.10. The van der Waals surface area contributed by atoms with E-state index in [1.165, 1.54) is 17.8 Å². The number of H-pyrrole nitrogens is 1. The van der Waals surface area contributed by atoms with Gasteiger partial charge in [-0.2, -0.15) is 0 Å². The van der Waals surface area contributed by atoms with Crippen molar-refractivity contribution < 1.29 is 5.11 Å². The second kappa shape index (κ2) is 5.87. The predicted molar refractivity (Wildman–Crippen MR) is 84.5 cm³/mol. The molecule has 114 valence electrons. The van der Waals surface area contributed by atoms with Gasteiger partial charge in [0.05, 0.1) is 18.7 Å². The number of rotatable bonds is 4. The molecule has 3 rings (SSSR count). The van der Waals surface area contributed by atoms with Crippen LogP contribution in [-0.2, 0) is 6.54 Å². The van der Waals surface area contributed by atoms with E-state index in [9.17, 15) is 9.90 Å². The average molecular weight is 307 g/mol. The molecule has 0 saturated heterocycles. The van der Waals surface area contributed by atoms with Crippen molar-refractivity contribution in [3.8, 4) is 0 Å². The molecule has 6 heteroatoms. The van der Waals surface area contributed by atoms with Crippen LogP contribution in [0.5, 0.6) is 0 Å². The third kappa shape index (κ3) is 3.02. The number of hydrogen-bond donors (Lipinski definition) is 3. The predicted octanol–water partition coefficient (Wildman–Crippen LogP) is 2.02. The van der Waals surface area contributed by atoms with Crippen LogP contribution in [0.4, 0.5) is 0 Å². The lowest BCUT2D eigenvalue weighted by Gasteiger charge is -2.39. The fraction of sp³-hybridized carbons (Fsp3) is 0.600. The molecule has 3 N–H and O–H groups in total. The van der Waals surface area contributed by atoms with Gasteiger partial charge in [-0.1, -0.05) is 19.8 Å². The molecule has 1 fully saturated rings. The van der Waals surface area contributed by atoms with Gasteiger partial charge < -0.3 is 15.4 Å². The van der Waals surface area contributed by atoms with E-state index in [0.29, 0.717) is 23.0 Å². The Morgan fingerprint density at radius 2 is 2.48 bits per heavy atom. The summed E-state index contributed by atoms with van der Waals surface area (Å²) >= 11 is 1.41. The highest BCUT2D eigenvalue weighted by Crippen LogP contribution is 2.32. The van der Waals surface area contributed by atoms with Crippen LogP contribution >= 0.6 is 11.3 Å². The van der Waals surface area contributed by atoms with Crippen LogP contribution in [0.25, 0.3) is 10.2 Å². The van der Waals surface area contributed by atoms with Crippen molar-refractivity contribution in [3.05, 3.63) is 27.6 Å². The van der Waals surface area contributed by atoms with E-state index in [0.717, 1.165) is 24.8 Å². The van der Waals surface area contributed by atoms with Crippen molar-refractivity contribution in [2.45, 2.75) is 44.7 Å². The summed E-state index contributed by atoms with van der Waals surface area (Å²) in [5.74, 6) is 1.25. The second-order valence-corrected chi connectivity index (χ2v) is 7.06. The van der Waals surface area contributed by atoms with Gasteiger partial charge in [0.25, 0.3) is 5.56 Å². The first-order chi connectivity index (χ1) is 10.1. The Balaban J connectivity index is 1.77. The molecular formula is C15H21N3O2S. The van der Waals surface area contributed by atoms with E-state index in [-0.39, 0.29) is 17.7 Å². The maximum atomic E-state index is 12.0. The highest BCUT2D eigenvalue weighted by molar-refractivity contribution is 7.17.